The molecule has 2 aromatic heterocycles. The molecule has 3 N–H and O–H groups in total. The van der Waals surface area contributed by atoms with Gasteiger partial charge in [-0.25, -0.2) is 0 Å². The summed E-state index contributed by atoms with van der Waals surface area (Å²) in [5.74, 6) is 0.614. The zero-order chi connectivity index (χ0) is 25.2. The molecule has 2 aromatic carbocycles. The van der Waals surface area contributed by atoms with E-state index in [1.165, 1.54) is 6.20 Å². The second kappa shape index (κ2) is 9.79. The SMILES string of the molecule is CN=CC(=CN)c1ccc2c(-c3cc(-c4ccc(C(=O)N5CCN(C)C[C@@H]5C)cc4)no3)n[nH]c2c1. The molecule has 9 nitrogen and oxygen atoms in total. The smallest absolute Gasteiger partial charge is 0.254 e. The predicted molar refractivity (Wildman–Crippen MR) is 142 cm³/mol. The van der Waals surface area contributed by atoms with Crippen molar-refractivity contribution in [3.05, 3.63) is 65.9 Å². The number of carbonyl (C=O) groups excluding carboxylic acids is 1. The number of hydrogen-bond acceptors (Lipinski definition) is 7. The minimum absolute atomic E-state index is 0.0585. The molecule has 5 rings (SSSR count). The number of carbonyl (C=O) groups is 1. The Bertz CT molecular complexity index is 1450. The molecule has 1 aliphatic heterocycles. The minimum atomic E-state index is 0.0585. The molecule has 0 saturated carbocycles. The van der Waals surface area contributed by atoms with Crippen LogP contribution in [0.5, 0.6) is 0 Å². The number of fused-ring (bicyclic) bond motifs is 1. The summed E-state index contributed by atoms with van der Waals surface area (Å²) in [5.41, 5.74) is 11.2. The first-order chi connectivity index (χ1) is 17.5. The molecule has 0 spiro atoms. The number of hydrogen-bond donors (Lipinski definition) is 2. The predicted octanol–water partition coefficient (Wildman–Crippen LogP) is 3.66. The highest BCUT2D eigenvalue weighted by Gasteiger charge is 2.26. The van der Waals surface area contributed by atoms with Gasteiger partial charge in [-0.3, -0.25) is 14.9 Å². The van der Waals surface area contributed by atoms with Gasteiger partial charge < -0.3 is 20.1 Å². The van der Waals surface area contributed by atoms with Gasteiger partial charge in [-0.15, -0.1) is 0 Å². The number of amides is 1. The van der Waals surface area contributed by atoms with Crippen molar-refractivity contribution in [3.63, 3.8) is 0 Å². The van der Waals surface area contributed by atoms with Gasteiger partial charge in [0, 0.05) is 73.3 Å². The van der Waals surface area contributed by atoms with Gasteiger partial charge in [0.15, 0.2) is 5.76 Å². The van der Waals surface area contributed by atoms with Crippen LogP contribution in [-0.2, 0) is 0 Å². The number of allylic oxidation sites excluding steroid dienone is 1. The lowest BCUT2D eigenvalue weighted by Gasteiger charge is -2.38. The summed E-state index contributed by atoms with van der Waals surface area (Å²) >= 11 is 0. The number of nitrogens with two attached hydrogens (primary N) is 1. The summed E-state index contributed by atoms with van der Waals surface area (Å²) in [5, 5.41) is 12.7. The van der Waals surface area contributed by atoms with Gasteiger partial charge in [-0.2, -0.15) is 5.10 Å². The molecule has 4 aromatic rings. The second-order valence-electron chi connectivity index (χ2n) is 9.11. The monoisotopic (exact) mass is 483 g/mol. The molecule has 1 atom stereocenters. The molecule has 1 amide bonds. The number of nitrogens with zero attached hydrogens (tertiary/aromatic N) is 5. The molecule has 0 aliphatic carbocycles. The van der Waals surface area contributed by atoms with Gasteiger partial charge in [0.2, 0.25) is 0 Å². The Labute approximate surface area is 209 Å². The van der Waals surface area contributed by atoms with Crippen molar-refractivity contribution >= 4 is 28.6 Å². The van der Waals surface area contributed by atoms with Crippen LogP contribution in [0.15, 0.2) is 64.2 Å². The van der Waals surface area contributed by atoms with Gasteiger partial charge in [0.25, 0.3) is 5.91 Å². The highest BCUT2D eigenvalue weighted by molar-refractivity contribution is 6.10. The van der Waals surface area contributed by atoms with Crippen LogP contribution in [0.4, 0.5) is 0 Å². The molecular weight excluding hydrogens is 454 g/mol. The third-order valence-electron chi connectivity index (χ3n) is 6.61. The molecule has 9 heteroatoms. The lowest BCUT2D eigenvalue weighted by Crippen LogP contribution is -2.52. The number of rotatable bonds is 5. The van der Waals surface area contributed by atoms with Gasteiger partial charge in [0.1, 0.15) is 11.4 Å². The highest BCUT2D eigenvalue weighted by Crippen LogP contribution is 2.31. The number of likely N-dealkylation sites (N-methyl/N-ethyl adjacent to an activating group) is 1. The van der Waals surface area contributed by atoms with Crippen LogP contribution in [0.25, 0.3) is 39.2 Å². The van der Waals surface area contributed by atoms with E-state index < -0.39 is 0 Å². The molecule has 0 radical (unpaired) electrons. The minimum Gasteiger partial charge on any atom is -0.404 e. The van der Waals surface area contributed by atoms with Crippen LogP contribution in [0, 0.1) is 0 Å². The number of nitrogens with one attached hydrogen (secondary N) is 1. The highest BCUT2D eigenvalue weighted by atomic mass is 16.5. The summed E-state index contributed by atoms with van der Waals surface area (Å²) in [6.45, 7) is 4.59. The quantitative estimate of drug-likeness (QED) is 0.419. The maximum Gasteiger partial charge on any atom is 0.254 e. The Morgan fingerprint density at radius 2 is 1.94 bits per heavy atom. The van der Waals surface area contributed by atoms with Gasteiger partial charge >= 0.3 is 0 Å². The maximum atomic E-state index is 13.0. The molecule has 1 saturated heterocycles. The molecule has 3 heterocycles. The van der Waals surface area contributed by atoms with E-state index in [-0.39, 0.29) is 11.9 Å². The molecular formula is C27H29N7O2. The Morgan fingerprint density at radius 3 is 2.67 bits per heavy atom. The lowest BCUT2D eigenvalue weighted by molar-refractivity contribution is 0.0533. The Hall–Kier alpha value is -4.24. The van der Waals surface area contributed by atoms with Crippen molar-refractivity contribution in [1.82, 2.24) is 25.2 Å². The van der Waals surface area contributed by atoms with E-state index in [4.69, 9.17) is 10.3 Å². The number of aromatic amines is 1. The van der Waals surface area contributed by atoms with Gasteiger partial charge in [-0.05, 0) is 43.8 Å². The molecule has 0 unspecified atom stereocenters. The molecule has 1 fully saturated rings. The molecule has 184 valence electrons. The number of benzene rings is 2. The largest absolute Gasteiger partial charge is 0.404 e. The topological polar surface area (TPSA) is 117 Å². The maximum absolute atomic E-state index is 13.0. The summed E-state index contributed by atoms with van der Waals surface area (Å²) in [6.07, 6.45) is 3.24. The molecule has 0 bridgehead atoms. The number of aliphatic imine (C=N–C) groups is 1. The van der Waals surface area contributed by atoms with Crippen molar-refractivity contribution in [2.75, 3.05) is 33.7 Å². The number of piperazine rings is 1. The van der Waals surface area contributed by atoms with E-state index in [0.29, 0.717) is 22.7 Å². The van der Waals surface area contributed by atoms with Crippen LogP contribution in [-0.4, -0.2) is 77.0 Å². The van der Waals surface area contributed by atoms with Crippen molar-refractivity contribution in [3.8, 4) is 22.7 Å². The second-order valence-corrected chi connectivity index (χ2v) is 9.11. The summed E-state index contributed by atoms with van der Waals surface area (Å²) in [4.78, 5) is 21.3. The fourth-order valence-electron chi connectivity index (χ4n) is 4.65. The van der Waals surface area contributed by atoms with E-state index in [2.05, 4.69) is 39.2 Å². The van der Waals surface area contributed by atoms with Gasteiger partial charge in [0.05, 0.1) is 5.52 Å². The molecule has 36 heavy (non-hydrogen) atoms. The van der Waals surface area contributed by atoms with Crippen molar-refractivity contribution in [1.29, 1.82) is 0 Å². The first-order valence-electron chi connectivity index (χ1n) is 11.9. The first-order valence-corrected chi connectivity index (χ1v) is 11.9. The van der Waals surface area contributed by atoms with Crippen molar-refractivity contribution in [2.45, 2.75) is 13.0 Å². The third-order valence-corrected chi connectivity index (χ3v) is 6.61. The zero-order valence-electron chi connectivity index (χ0n) is 20.6. The van der Waals surface area contributed by atoms with Crippen LogP contribution in [0.2, 0.25) is 0 Å². The van der Waals surface area contributed by atoms with Crippen LogP contribution < -0.4 is 5.73 Å². The van der Waals surface area contributed by atoms with E-state index in [0.717, 1.165) is 47.2 Å². The van der Waals surface area contributed by atoms with Crippen LogP contribution >= 0.6 is 0 Å². The Balaban J connectivity index is 1.36. The number of aromatic nitrogens is 3. The third kappa shape index (κ3) is 4.40. The van der Waals surface area contributed by atoms with E-state index in [1.54, 1.807) is 13.3 Å². The fraction of sp³-hybridized carbons (Fsp3) is 0.259. The van der Waals surface area contributed by atoms with E-state index in [9.17, 15) is 4.79 Å². The van der Waals surface area contributed by atoms with E-state index in [1.807, 2.05) is 53.4 Å². The fourth-order valence-corrected chi connectivity index (χ4v) is 4.65. The van der Waals surface area contributed by atoms with Crippen LogP contribution in [0.1, 0.15) is 22.8 Å². The lowest BCUT2D eigenvalue weighted by atomic mass is 10.0. The standard InChI is InChI=1S/C27H29N7O2/c1-17-16-33(3)10-11-34(17)27(35)19-6-4-18(5-7-19)23-13-25(36-32-23)26-22-9-8-20(12-24(22)30-31-26)21(14-28)15-29-2/h4-9,12-15,17H,10-11,16,28H2,1-3H3,(H,30,31)/t17-/m0/s1. The van der Waals surface area contributed by atoms with Crippen LogP contribution in [0.3, 0.4) is 0 Å². The summed E-state index contributed by atoms with van der Waals surface area (Å²) in [6, 6.07) is 15.5. The van der Waals surface area contributed by atoms with Gasteiger partial charge in [-0.1, -0.05) is 23.4 Å². The zero-order valence-corrected chi connectivity index (χ0v) is 20.6. The first kappa shape index (κ1) is 23.5. The molecule has 1 aliphatic rings. The Morgan fingerprint density at radius 1 is 1.17 bits per heavy atom. The summed E-state index contributed by atoms with van der Waals surface area (Å²) in [7, 11) is 3.79. The van der Waals surface area contributed by atoms with Crippen molar-refractivity contribution < 1.29 is 9.32 Å². The van der Waals surface area contributed by atoms with Crippen molar-refractivity contribution in [2.24, 2.45) is 10.7 Å². The van der Waals surface area contributed by atoms with E-state index >= 15 is 0 Å². The average molecular weight is 484 g/mol. The number of H-pyrrole nitrogens is 1. The Kier molecular flexibility index (Phi) is 6.39. The average Bonchev–Trinajstić information content (AvgIpc) is 3.54. The normalized spacial score (nSPS) is 17.4. The summed E-state index contributed by atoms with van der Waals surface area (Å²) < 4.78 is 5.64.